The maximum Gasteiger partial charge on any atom is 0.303 e. The van der Waals surface area contributed by atoms with Gasteiger partial charge in [0.1, 0.15) is 5.75 Å². The number of benzene rings is 3. The van der Waals surface area contributed by atoms with Gasteiger partial charge in [-0.25, -0.2) is 8.42 Å². The minimum atomic E-state index is -3.45. The van der Waals surface area contributed by atoms with Crippen LogP contribution in [0.1, 0.15) is 24.2 Å². The summed E-state index contributed by atoms with van der Waals surface area (Å²) in [5.74, 6) is 0.0528. The van der Waals surface area contributed by atoms with Crippen molar-refractivity contribution in [2.24, 2.45) is 0 Å². The van der Waals surface area contributed by atoms with Crippen molar-refractivity contribution in [1.82, 2.24) is 19.5 Å². The largest absolute Gasteiger partial charge is 0.497 e. The number of anilines is 1. The van der Waals surface area contributed by atoms with Gasteiger partial charge in [-0.05, 0) is 69.0 Å². The van der Waals surface area contributed by atoms with E-state index in [1.165, 1.54) is 6.92 Å². The first-order valence-corrected chi connectivity index (χ1v) is 18.5. The molecule has 0 unspecified atom stereocenters. The fourth-order valence-corrected chi connectivity index (χ4v) is 8.77. The van der Waals surface area contributed by atoms with E-state index in [4.69, 9.17) is 9.47 Å². The van der Waals surface area contributed by atoms with Crippen LogP contribution in [0.5, 0.6) is 5.75 Å². The number of likely N-dealkylation sites (N-methyl/N-ethyl adjacent to an activating group) is 1. The second kappa shape index (κ2) is 16.6. The summed E-state index contributed by atoms with van der Waals surface area (Å²) in [6.07, 6.45) is 3.25. The standard InChI is InChI=1S/C22H26N2O4S.C14H17N3O2S/c1-15(25)28-20-21(16-9-11-17(27-4)12-10-16)29-19-8-6-5-7-18(19)24(22(20)26)14-13-23(2)3;18-20(19,17-9-2-6-15-8-10-17)14-4-1-3-12-11-16-7-5-13(12)14/h5-12,20-21H,13-14H2,1-4H3;1,3-5,7,11,15H,2,6,8-10H2/t20-,21+;/m1./s1. The molecule has 1 N–H and O–H groups in total. The van der Waals surface area contributed by atoms with E-state index in [1.54, 1.807) is 58.7 Å². The molecular formula is C36H43N5O6S2. The van der Waals surface area contributed by atoms with Crippen molar-refractivity contribution in [3.05, 3.63) is 90.8 Å². The number of nitrogens with zero attached hydrogens (tertiary/aromatic N) is 4. The van der Waals surface area contributed by atoms with E-state index in [2.05, 4.69) is 10.3 Å². The number of sulfonamides is 1. The predicted molar refractivity (Wildman–Crippen MR) is 192 cm³/mol. The Bertz CT molecular complexity index is 1840. The molecule has 1 amide bonds. The number of fused-ring (bicyclic) bond motifs is 2. The number of carbonyl (C=O) groups is 2. The lowest BCUT2D eigenvalue weighted by atomic mass is 10.1. The second-order valence-corrected chi connectivity index (χ2v) is 15.1. The summed E-state index contributed by atoms with van der Waals surface area (Å²) < 4.78 is 38.1. The molecule has 2 aliphatic heterocycles. The summed E-state index contributed by atoms with van der Waals surface area (Å²) in [4.78, 5) is 34.6. The lowest BCUT2D eigenvalue weighted by Crippen LogP contribution is -2.45. The van der Waals surface area contributed by atoms with Gasteiger partial charge in [-0.3, -0.25) is 14.6 Å². The Morgan fingerprint density at radius 3 is 2.53 bits per heavy atom. The van der Waals surface area contributed by atoms with Gasteiger partial charge >= 0.3 is 5.97 Å². The summed E-state index contributed by atoms with van der Waals surface area (Å²) in [6, 6.07) is 22.4. The Morgan fingerprint density at radius 1 is 1.02 bits per heavy atom. The average molecular weight is 706 g/mol. The summed E-state index contributed by atoms with van der Waals surface area (Å²) >= 11 is 1.54. The lowest BCUT2D eigenvalue weighted by molar-refractivity contribution is -0.152. The number of aromatic nitrogens is 1. The van der Waals surface area contributed by atoms with Crippen LogP contribution in [0.3, 0.4) is 0 Å². The van der Waals surface area contributed by atoms with E-state index in [0.717, 1.165) is 45.6 Å². The van der Waals surface area contributed by atoms with E-state index in [0.29, 0.717) is 37.6 Å². The molecular weight excluding hydrogens is 663 g/mol. The number of hydrogen-bond donors (Lipinski definition) is 1. The smallest absolute Gasteiger partial charge is 0.303 e. The van der Waals surface area contributed by atoms with Gasteiger partial charge in [0.05, 0.1) is 22.9 Å². The first-order chi connectivity index (χ1) is 23.6. The van der Waals surface area contributed by atoms with Gasteiger partial charge in [-0.15, -0.1) is 11.8 Å². The van der Waals surface area contributed by atoms with Crippen molar-refractivity contribution in [2.45, 2.75) is 34.5 Å². The topological polar surface area (TPSA) is 121 Å². The van der Waals surface area contributed by atoms with Crippen LogP contribution < -0.4 is 15.0 Å². The predicted octanol–water partition coefficient (Wildman–Crippen LogP) is 4.59. The van der Waals surface area contributed by atoms with Crippen LogP contribution in [0.2, 0.25) is 0 Å². The zero-order valence-corrected chi connectivity index (χ0v) is 29.9. The van der Waals surface area contributed by atoms with E-state index in [9.17, 15) is 18.0 Å². The monoisotopic (exact) mass is 705 g/mol. The van der Waals surface area contributed by atoms with Crippen LogP contribution in [0, 0.1) is 0 Å². The van der Waals surface area contributed by atoms with Gasteiger partial charge in [0.25, 0.3) is 5.91 Å². The van der Waals surface area contributed by atoms with Crippen molar-refractivity contribution in [3.8, 4) is 5.75 Å². The van der Waals surface area contributed by atoms with Gasteiger partial charge in [-0.2, -0.15) is 4.31 Å². The summed E-state index contributed by atoms with van der Waals surface area (Å²) in [6.45, 7) is 5.20. The number of nitrogens with one attached hydrogen (secondary N) is 1. The SMILES string of the molecule is COc1ccc([C@@H]2Sc3ccccc3N(CCN(C)C)C(=O)[C@@H]2OC(C)=O)cc1.O=S(=O)(c1cccc2cnccc12)N1CCCNCC1. The van der Waals surface area contributed by atoms with Crippen molar-refractivity contribution < 1.29 is 27.5 Å². The summed E-state index contributed by atoms with van der Waals surface area (Å²) in [5, 5.41) is 4.45. The lowest BCUT2D eigenvalue weighted by Gasteiger charge is -2.28. The molecule has 1 saturated heterocycles. The number of esters is 1. The van der Waals surface area contributed by atoms with Crippen molar-refractivity contribution in [1.29, 1.82) is 0 Å². The number of para-hydroxylation sites is 1. The third kappa shape index (κ3) is 8.78. The van der Waals surface area contributed by atoms with Crippen molar-refractivity contribution in [2.75, 3.05) is 65.4 Å². The molecule has 11 nitrogen and oxygen atoms in total. The number of pyridine rings is 1. The zero-order chi connectivity index (χ0) is 35.0. The van der Waals surface area contributed by atoms with Crippen LogP contribution in [-0.2, 0) is 24.3 Å². The number of rotatable bonds is 8. The zero-order valence-electron chi connectivity index (χ0n) is 28.2. The molecule has 2 aliphatic rings. The van der Waals surface area contributed by atoms with Crippen LogP contribution in [0.15, 0.2) is 95.0 Å². The summed E-state index contributed by atoms with van der Waals surface area (Å²) in [5.41, 5.74) is 1.75. The molecule has 13 heteroatoms. The highest BCUT2D eigenvalue weighted by molar-refractivity contribution is 7.99. The van der Waals surface area contributed by atoms with Crippen LogP contribution in [0.25, 0.3) is 10.8 Å². The molecule has 6 rings (SSSR count). The fraction of sp³-hybridized carbons (Fsp3) is 0.361. The molecule has 1 fully saturated rings. The van der Waals surface area contributed by atoms with Crippen molar-refractivity contribution in [3.63, 3.8) is 0 Å². The van der Waals surface area contributed by atoms with Crippen molar-refractivity contribution >= 4 is 50.1 Å². The molecule has 0 aliphatic carbocycles. The minimum Gasteiger partial charge on any atom is -0.497 e. The van der Waals surface area contributed by atoms with Crippen LogP contribution >= 0.6 is 11.8 Å². The first-order valence-electron chi connectivity index (χ1n) is 16.2. The van der Waals surface area contributed by atoms with Gasteiger partial charge < -0.3 is 24.6 Å². The van der Waals surface area contributed by atoms with E-state index in [1.807, 2.05) is 73.6 Å². The second-order valence-electron chi connectivity index (χ2n) is 12.0. The fourth-order valence-electron chi connectivity index (χ4n) is 5.76. The third-order valence-corrected chi connectivity index (χ3v) is 11.6. The number of methoxy groups -OCH3 is 1. The highest BCUT2D eigenvalue weighted by Crippen LogP contribution is 2.46. The Hall–Kier alpha value is -4.01. The maximum atomic E-state index is 13.6. The molecule has 1 aromatic heterocycles. The number of ether oxygens (including phenoxy) is 2. The van der Waals surface area contributed by atoms with Crippen LogP contribution in [0.4, 0.5) is 5.69 Å². The van der Waals surface area contributed by atoms with E-state index >= 15 is 0 Å². The van der Waals surface area contributed by atoms with Gasteiger partial charge in [0, 0.05) is 67.7 Å². The number of hydrogen-bond acceptors (Lipinski definition) is 10. The molecule has 0 saturated carbocycles. The molecule has 3 heterocycles. The number of thioether (sulfide) groups is 1. The van der Waals surface area contributed by atoms with Gasteiger partial charge in [0.15, 0.2) is 6.10 Å². The molecule has 0 radical (unpaired) electrons. The quantitative estimate of drug-likeness (QED) is 0.261. The van der Waals surface area contributed by atoms with E-state index in [-0.39, 0.29) is 11.2 Å². The average Bonchev–Trinajstić information content (AvgIpc) is 3.45. The maximum absolute atomic E-state index is 13.6. The molecule has 4 aromatic rings. The van der Waals surface area contributed by atoms with Crippen LogP contribution in [-0.4, -0.2) is 101 Å². The highest BCUT2D eigenvalue weighted by atomic mass is 32.2. The molecule has 260 valence electrons. The molecule has 2 atom stereocenters. The Kier molecular flexibility index (Phi) is 12.3. The molecule has 3 aromatic carbocycles. The Morgan fingerprint density at radius 2 is 1.80 bits per heavy atom. The normalized spacial score (nSPS) is 18.6. The first kappa shape index (κ1) is 36.3. The molecule has 0 spiro atoms. The Balaban J connectivity index is 0.000000204. The molecule has 0 bridgehead atoms. The Labute approximate surface area is 292 Å². The van der Waals surface area contributed by atoms with Gasteiger partial charge in [0.2, 0.25) is 10.0 Å². The minimum absolute atomic E-state index is 0.208. The number of carbonyl (C=O) groups excluding carboxylic acids is 2. The number of amides is 1. The summed E-state index contributed by atoms with van der Waals surface area (Å²) in [7, 11) is 2.09. The third-order valence-electron chi connectivity index (χ3n) is 8.26. The van der Waals surface area contributed by atoms with Gasteiger partial charge in [-0.1, -0.05) is 36.4 Å². The van der Waals surface area contributed by atoms with E-state index < -0.39 is 22.1 Å². The molecule has 49 heavy (non-hydrogen) atoms. The highest BCUT2D eigenvalue weighted by Gasteiger charge is 2.40.